The minimum Gasteiger partial charge on any atom is -0.463 e. The van der Waals surface area contributed by atoms with Crippen molar-refractivity contribution in [1.29, 1.82) is 0 Å². The fourth-order valence-corrected chi connectivity index (χ4v) is 1.54. The number of esters is 1. The van der Waals surface area contributed by atoms with Gasteiger partial charge in [0.15, 0.2) is 0 Å². The van der Waals surface area contributed by atoms with Crippen LogP contribution in [0.15, 0.2) is 0 Å². The van der Waals surface area contributed by atoms with Crippen LogP contribution in [0.25, 0.3) is 0 Å². The second kappa shape index (κ2) is 7.63. The van der Waals surface area contributed by atoms with Crippen molar-refractivity contribution in [2.24, 2.45) is 11.8 Å². The van der Waals surface area contributed by atoms with Gasteiger partial charge in [0.1, 0.15) is 6.61 Å². The summed E-state index contributed by atoms with van der Waals surface area (Å²) in [7, 11) is 0. The van der Waals surface area contributed by atoms with Crippen LogP contribution in [-0.2, 0) is 14.3 Å². The normalized spacial score (nSPS) is 17.9. The van der Waals surface area contributed by atoms with Gasteiger partial charge in [0.05, 0.1) is 12.5 Å². The van der Waals surface area contributed by atoms with E-state index in [1.807, 2.05) is 6.92 Å². The van der Waals surface area contributed by atoms with Crippen molar-refractivity contribution in [3.05, 3.63) is 0 Å². The van der Waals surface area contributed by atoms with Gasteiger partial charge in [-0.05, 0) is 25.4 Å². The molecule has 0 amide bonds. The summed E-state index contributed by atoms with van der Waals surface area (Å²) >= 11 is 0. The highest BCUT2D eigenvalue weighted by atomic mass is 16.6. The first-order valence-corrected chi connectivity index (χ1v) is 6.20. The number of nitrogens with one attached hydrogen (secondary N) is 1. The summed E-state index contributed by atoms with van der Waals surface area (Å²) in [6, 6.07) is 0. The molecule has 1 aliphatic heterocycles. The highest BCUT2D eigenvalue weighted by Crippen LogP contribution is 2.16. The highest BCUT2D eigenvalue weighted by Gasteiger charge is 2.29. The molecular formula is C12H23NO3. The predicted octanol–water partition coefficient (Wildman–Crippen LogP) is 1.20. The summed E-state index contributed by atoms with van der Waals surface area (Å²) in [4.78, 5) is 11.6. The van der Waals surface area contributed by atoms with Crippen LogP contribution in [0, 0.1) is 11.8 Å². The van der Waals surface area contributed by atoms with Gasteiger partial charge in [-0.25, -0.2) is 0 Å². The molecule has 0 aromatic heterocycles. The van der Waals surface area contributed by atoms with Gasteiger partial charge in [-0.1, -0.05) is 20.3 Å². The molecule has 0 saturated carbocycles. The van der Waals surface area contributed by atoms with E-state index in [1.54, 1.807) is 0 Å². The Bertz CT molecular complexity index is 204. The smallest absolute Gasteiger partial charge is 0.309 e. The van der Waals surface area contributed by atoms with Crippen molar-refractivity contribution in [2.45, 2.75) is 26.7 Å². The van der Waals surface area contributed by atoms with Gasteiger partial charge in [-0.15, -0.1) is 0 Å². The molecule has 16 heavy (non-hydrogen) atoms. The Morgan fingerprint density at radius 3 is 2.69 bits per heavy atom. The van der Waals surface area contributed by atoms with Gasteiger partial charge in [-0.3, -0.25) is 4.79 Å². The SMILES string of the molecule is CCCCOCCOC(=O)C(C)C1CNC1. The van der Waals surface area contributed by atoms with E-state index in [2.05, 4.69) is 12.2 Å². The van der Waals surface area contributed by atoms with Crippen LogP contribution in [0.3, 0.4) is 0 Å². The Kier molecular flexibility index (Phi) is 6.42. The first kappa shape index (κ1) is 13.5. The first-order valence-electron chi connectivity index (χ1n) is 6.20. The third kappa shape index (κ3) is 4.49. The fraction of sp³-hybridized carbons (Fsp3) is 0.917. The lowest BCUT2D eigenvalue weighted by atomic mass is 9.89. The van der Waals surface area contributed by atoms with Crippen LogP contribution in [0.1, 0.15) is 26.7 Å². The van der Waals surface area contributed by atoms with E-state index in [9.17, 15) is 4.79 Å². The summed E-state index contributed by atoms with van der Waals surface area (Å²) in [5.74, 6) is 0.371. The Morgan fingerprint density at radius 2 is 2.12 bits per heavy atom. The number of ether oxygens (including phenoxy) is 2. The molecule has 4 nitrogen and oxygen atoms in total. The van der Waals surface area contributed by atoms with Gasteiger partial charge in [0.2, 0.25) is 0 Å². The van der Waals surface area contributed by atoms with Crippen molar-refractivity contribution in [3.63, 3.8) is 0 Å². The quantitative estimate of drug-likeness (QED) is 0.502. The molecule has 0 aromatic rings. The average Bonchev–Trinajstić information content (AvgIpc) is 2.20. The van der Waals surface area contributed by atoms with Crippen LogP contribution in [0.2, 0.25) is 0 Å². The van der Waals surface area contributed by atoms with Crippen molar-refractivity contribution in [1.82, 2.24) is 5.32 Å². The standard InChI is InChI=1S/C12H23NO3/c1-3-4-5-15-6-7-16-12(14)10(2)11-8-13-9-11/h10-11,13H,3-9H2,1-2H3. The summed E-state index contributed by atoms with van der Waals surface area (Å²) in [5.41, 5.74) is 0. The molecule has 0 spiro atoms. The summed E-state index contributed by atoms with van der Waals surface area (Å²) in [5, 5.41) is 3.15. The maximum atomic E-state index is 11.6. The molecule has 1 aliphatic rings. The molecule has 0 aliphatic carbocycles. The Balaban J connectivity index is 1.97. The van der Waals surface area contributed by atoms with Crippen LogP contribution in [0.4, 0.5) is 0 Å². The van der Waals surface area contributed by atoms with E-state index in [0.717, 1.165) is 32.5 Å². The van der Waals surface area contributed by atoms with Crippen LogP contribution in [0.5, 0.6) is 0 Å². The van der Waals surface area contributed by atoms with Gasteiger partial charge in [0, 0.05) is 6.61 Å². The van der Waals surface area contributed by atoms with E-state index in [-0.39, 0.29) is 11.9 Å². The second-order valence-corrected chi connectivity index (χ2v) is 4.34. The average molecular weight is 229 g/mol. The Hall–Kier alpha value is -0.610. The van der Waals surface area contributed by atoms with Gasteiger partial charge < -0.3 is 14.8 Å². The fourth-order valence-electron chi connectivity index (χ4n) is 1.54. The molecule has 1 fully saturated rings. The summed E-state index contributed by atoms with van der Waals surface area (Å²) in [6.45, 7) is 7.58. The first-order chi connectivity index (χ1) is 7.75. The zero-order valence-corrected chi connectivity index (χ0v) is 10.3. The molecule has 0 bridgehead atoms. The zero-order valence-electron chi connectivity index (χ0n) is 10.3. The lowest BCUT2D eigenvalue weighted by molar-refractivity contribution is -0.152. The molecule has 94 valence electrons. The minimum absolute atomic E-state index is 0.0110. The largest absolute Gasteiger partial charge is 0.463 e. The molecule has 4 heteroatoms. The van der Waals surface area contributed by atoms with Crippen LogP contribution < -0.4 is 5.32 Å². The van der Waals surface area contributed by atoms with E-state index < -0.39 is 0 Å². The molecule has 0 radical (unpaired) electrons. The van der Waals surface area contributed by atoms with Crippen molar-refractivity contribution in [2.75, 3.05) is 32.9 Å². The van der Waals surface area contributed by atoms with E-state index in [4.69, 9.17) is 9.47 Å². The third-order valence-electron chi connectivity index (χ3n) is 3.01. The van der Waals surface area contributed by atoms with E-state index >= 15 is 0 Å². The topological polar surface area (TPSA) is 47.6 Å². The van der Waals surface area contributed by atoms with E-state index in [1.165, 1.54) is 0 Å². The van der Waals surface area contributed by atoms with Gasteiger partial charge in [0.25, 0.3) is 0 Å². The second-order valence-electron chi connectivity index (χ2n) is 4.34. The Morgan fingerprint density at radius 1 is 1.38 bits per heavy atom. The van der Waals surface area contributed by atoms with Gasteiger partial charge in [-0.2, -0.15) is 0 Å². The van der Waals surface area contributed by atoms with Crippen molar-refractivity contribution < 1.29 is 14.3 Å². The molecule has 1 unspecified atom stereocenters. The van der Waals surface area contributed by atoms with Crippen LogP contribution >= 0.6 is 0 Å². The zero-order chi connectivity index (χ0) is 11.8. The molecule has 1 atom stereocenters. The number of hydrogen-bond donors (Lipinski definition) is 1. The highest BCUT2D eigenvalue weighted by molar-refractivity contribution is 5.72. The van der Waals surface area contributed by atoms with E-state index in [0.29, 0.717) is 19.1 Å². The molecule has 1 saturated heterocycles. The number of unbranched alkanes of at least 4 members (excludes halogenated alkanes) is 1. The maximum absolute atomic E-state index is 11.6. The summed E-state index contributed by atoms with van der Waals surface area (Å²) < 4.78 is 10.5. The van der Waals surface area contributed by atoms with Gasteiger partial charge >= 0.3 is 5.97 Å². The molecular weight excluding hydrogens is 206 g/mol. The van der Waals surface area contributed by atoms with Crippen LogP contribution in [-0.4, -0.2) is 38.9 Å². The maximum Gasteiger partial charge on any atom is 0.309 e. The summed E-state index contributed by atoms with van der Waals surface area (Å²) in [6.07, 6.45) is 2.20. The molecule has 1 N–H and O–H groups in total. The number of rotatable bonds is 8. The number of hydrogen-bond acceptors (Lipinski definition) is 4. The molecule has 1 rings (SSSR count). The van der Waals surface area contributed by atoms with Crippen molar-refractivity contribution in [3.8, 4) is 0 Å². The van der Waals surface area contributed by atoms with Crippen molar-refractivity contribution >= 4 is 5.97 Å². The lowest BCUT2D eigenvalue weighted by Crippen LogP contribution is -2.47. The molecule has 1 heterocycles. The monoisotopic (exact) mass is 229 g/mol. The lowest BCUT2D eigenvalue weighted by Gasteiger charge is -2.31. The molecule has 0 aromatic carbocycles. The predicted molar refractivity (Wildman–Crippen MR) is 62.2 cm³/mol. The minimum atomic E-state index is -0.0920. The number of carbonyl (C=O) groups is 1. The third-order valence-corrected chi connectivity index (χ3v) is 3.01. The Labute approximate surface area is 97.7 Å². The number of carbonyl (C=O) groups excluding carboxylic acids is 1.